The Labute approximate surface area is 112 Å². The lowest BCUT2D eigenvalue weighted by Crippen LogP contribution is -2.39. The van der Waals surface area contributed by atoms with E-state index in [-0.39, 0.29) is 17.3 Å². The number of aliphatic hydroxyl groups is 1. The molecule has 0 unspecified atom stereocenters. The lowest BCUT2D eigenvalue weighted by atomic mass is 10.3. The van der Waals surface area contributed by atoms with Gasteiger partial charge in [0, 0.05) is 6.07 Å². The first-order chi connectivity index (χ1) is 8.96. The van der Waals surface area contributed by atoms with Gasteiger partial charge in [-0.2, -0.15) is 0 Å². The maximum atomic E-state index is 12.3. The van der Waals surface area contributed by atoms with Gasteiger partial charge in [0.25, 0.3) is 0 Å². The van der Waals surface area contributed by atoms with Gasteiger partial charge in [0.2, 0.25) is 10.0 Å². The van der Waals surface area contributed by atoms with E-state index in [9.17, 15) is 13.5 Å². The van der Waals surface area contributed by atoms with E-state index in [4.69, 9.17) is 9.47 Å². The van der Waals surface area contributed by atoms with Crippen molar-refractivity contribution in [2.75, 3.05) is 20.8 Å². The smallest absolute Gasteiger partial charge is 0.244 e. The Kier molecular flexibility index (Phi) is 3.71. The van der Waals surface area contributed by atoms with E-state index in [1.54, 1.807) is 6.07 Å². The third-order valence-corrected chi connectivity index (χ3v) is 4.77. The van der Waals surface area contributed by atoms with Crippen molar-refractivity contribution in [3.8, 4) is 11.5 Å². The van der Waals surface area contributed by atoms with E-state index < -0.39 is 15.6 Å². The van der Waals surface area contributed by atoms with Crippen LogP contribution < -0.4 is 14.2 Å². The van der Waals surface area contributed by atoms with Gasteiger partial charge >= 0.3 is 0 Å². The Balaban J connectivity index is 2.38. The summed E-state index contributed by atoms with van der Waals surface area (Å²) in [5, 5.41) is 9.21. The number of methoxy groups -OCH3 is 2. The second-order valence-electron chi connectivity index (χ2n) is 4.56. The van der Waals surface area contributed by atoms with E-state index in [2.05, 4.69) is 4.72 Å². The molecular formula is C12H17NO5S. The van der Waals surface area contributed by atoms with Gasteiger partial charge in [-0.3, -0.25) is 0 Å². The predicted octanol–water partition coefficient (Wildman–Crippen LogP) is 0.507. The van der Waals surface area contributed by atoms with Gasteiger partial charge in [0.1, 0.15) is 16.4 Å². The van der Waals surface area contributed by atoms with E-state index >= 15 is 0 Å². The largest absolute Gasteiger partial charge is 0.497 e. The van der Waals surface area contributed by atoms with Gasteiger partial charge in [-0.1, -0.05) is 0 Å². The summed E-state index contributed by atoms with van der Waals surface area (Å²) in [6.45, 7) is -0.210. The monoisotopic (exact) mass is 287 g/mol. The van der Waals surface area contributed by atoms with Crippen LogP contribution in [0.15, 0.2) is 23.1 Å². The Hall–Kier alpha value is -1.31. The van der Waals surface area contributed by atoms with Crippen LogP contribution in [-0.2, 0) is 10.0 Å². The molecule has 0 atom stereocenters. The molecule has 106 valence electrons. The number of aliphatic hydroxyl groups excluding tert-OH is 1. The van der Waals surface area contributed by atoms with Crippen LogP contribution in [-0.4, -0.2) is 39.9 Å². The van der Waals surface area contributed by atoms with E-state index in [0.29, 0.717) is 18.6 Å². The van der Waals surface area contributed by atoms with Crippen LogP contribution in [0.3, 0.4) is 0 Å². The van der Waals surface area contributed by atoms with Gasteiger partial charge in [-0.05, 0) is 25.0 Å². The molecule has 0 saturated heterocycles. The highest BCUT2D eigenvalue weighted by molar-refractivity contribution is 7.89. The highest BCUT2D eigenvalue weighted by atomic mass is 32.2. The lowest BCUT2D eigenvalue weighted by molar-refractivity contribution is 0.246. The van der Waals surface area contributed by atoms with Crippen molar-refractivity contribution in [2.45, 2.75) is 23.3 Å². The molecular weight excluding hydrogens is 270 g/mol. The maximum absolute atomic E-state index is 12.3. The molecule has 6 nitrogen and oxygen atoms in total. The predicted molar refractivity (Wildman–Crippen MR) is 68.9 cm³/mol. The average molecular weight is 287 g/mol. The number of rotatable bonds is 6. The summed E-state index contributed by atoms with van der Waals surface area (Å²) in [5.74, 6) is 0.664. The number of hydrogen-bond acceptors (Lipinski definition) is 5. The number of ether oxygens (including phenoxy) is 2. The van der Waals surface area contributed by atoms with Crippen molar-refractivity contribution < 1.29 is 23.0 Å². The highest BCUT2D eigenvalue weighted by Crippen LogP contribution is 2.37. The topological polar surface area (TPSA) is 84.9 Å². The van der Waals surface area contributed by atoms with Gasteiger partial charge in [-0.15, -0.1) is 0 Å². The van der Waals surface area contributed by atoms with Crippen LogP contribution in [0.5, 0.6) is 11.5 Å². The first kappa shape index (κ1) is 14.1. The summed E-state index contributed by atoms with van der Waals surface area (Å²) in [5.41, 5.74) is -0.715. The SMILES string of the molecule is COc1ccc(OC)c(S(=O)(=O)NC2(CO)CC2)c1. The van der Waals surface area contributed by atoms with E-state index in [1.807, 2.05) is 0 Å². The third-order valence-electron chi connectivity index (χ3n) is 3.17. The van der Waals surface area contributed by atoms with Crippen molar-refractivity contribution in [3.05, 3.63) is 18.2 Å². The fourth-order valence-corrected chi connectivity index (χ4v) is 3.41. The molecule has 0 heterocycles. The van der Waals surface area contributed by atoms with E-state index in [1.165, 1.54) is 26.4 Å². The molecule has 1 aliphatic rings. The second-order valence-corrected chi connectivity index (χ2v) is 6.21. The normalized spacial score (nSPS) is 17.0. The van der Waals surface area contributed by atoms with Crippen LogP contribution in [0.25, 0.3) is 0 Å². The first-order valence-corrected chi connectivity index (χ1v) is 7.31. The van der Waals surface area contributed by atoms with Crippen LogP contribution in [0.1, 0.15) is 12.8 Å². The lowest BCUT2D eigenvalue weighted by Gasteiger charge is -2.16. The molecule has 19 heavy (non-hydrogen) atoms. The van der Waals surface area contributed by atoms with Crippen molar-refractivity contribution in [3.63, 3.8) is 0 Å². The average Bonchev–Trinajstić information content (AvgIpc) is 3.17. The van der Waals surface area contributed by atoms with Crippen LogP contribution in [0, 0.1) is 0 Å². The molecule has 1 aliphatic carbocycles. The minimum Gasteiger partial charge on any atom is -0.497 e. The van der Waals surface area contributed by atoms with E-state index in [0.717, 1.165) is 0 Å². The molecule has 1 aromatic rings. The standard InChI is InChI=1S/C12H17NO5S/c1-17-9-3-4-10(18-2)11(7-9)19(15,16)13-12(8-14)5-6-12/h3-4,7,13-14H,5-6,8H2,1-2H3. The third kappa shape index (κ3) is 2.83. The zero-order chi connectivity index (χ0) is 14.1. The second kappa shape index (κ2) is 4.99. The van der Waals surface area contributed by atoms with Gasteiger partial charge in [-0.25, -0.2) is 13.1 Å². The fourth-order valence-electron chi connectivity index (χ4n) is 1.78. The summed E-state index contributed by atoms with van der Waals surface area (Å²) >= 11 is 0. The molecule has 0 spiro atoms. The summed E-state index contributed by atoms with van der Waals surface area (Å²) < 4.78 is 37.3. The maximum Gasteiger partial charge on any atom is 0.244 e. The van der Waals surface area contributed by atoms with Crippen molar-refractivity contribution in [2.24, 2.45) is 0 Å². The van der Waals surface area contributed by atoms with Crippen LogP contribution in [0.2, 0.25) is 0 Å². The number of sulfonamides is 1. The van der Waals surface area contributed by atoms with Crippen LogP contribution >= 0.6 is 0 Å². The Bertz CT molecular complexity index is 565. The Morgan fingerprint density at radius 1 is 1.32 bits per heavy atom. The Morgan fingerprint density at radius 2 is 2.00 bits per heavy atom. The van der Waals surface area contributed by atoms with Crippen molar-refractivity contribution in [1.29, 1.82) is 0 Å². The van der Waals surface area contributed by atoms with Crippen molar-refractivity contribution >= 4 is 10.0 Å². The highest BCUT2D eigenvalue weighted by Gasteiger charge is 2.46. The van der Waals surface area contributed by atoms with Gasteiger partial charge < -0.3 is 14.6 Å². The molecule has 0 amide bonds. The summed E-state index contributed by atoms with van der Waals surface area (Å²) in [7, 11) is -0.895. The zero-order valence-electron chi connectivity index (χ0n) is 10.8. The molecule has 0 aromatic heterocycles. The molecule has 0 bridgehead atoms. The summed E-state index contributed by atoms with van der Waals surface area (Å²) in [4.78, 5) is 0.00840. The minimum atomic E-state index is -3.76. The Morgan fingerprint density at radius 3 is 2.47 bits per heavy atom. The first-order valence-electron chi connectivity index (χ1n) is 5.83. The molecule has 0 radical (unpaired) electrons. The molecule has 0 aliphatic heterocycles. The van der Waals surface area contributed by atoms with Gasteiger partial charge in [0.15, 0.2) is 0 Å². The molecule has 1 aromatic carbocycles. The van der Waals surface area contributed by atoms with Crippen LogP contribution in [0.4, 0.5) is 0 Å². The zero-order valence-corrected chi connectivity index (χ0v) is 11.7. The summed E-state index contributed by atoms with van der Waals surface area (Å²) in [6, 6.07) is 4.55. The fraction of sp³-hybridized carbons (Fsp3) is 0.500. The van der Waals surface area contributed by atoms with Crippen molar-refractivity contribution in [1.82, 2.24) is 4.72 Å². The molecule has 2 rings (SSSR count). The number of hydrogen-bond donors (Lipinski definition) is 2. The molecule has 1 saturated carbocycles. The minimum absolute atomic E-state index is 0.00840. The quantitative estimate of drug-likeness (QED) is 0.796. The molecule has 2 N–H and O–H groups in total. The summed E-state index contributed by atoms with van der Waals surface area (Å²) in [6.07, 6.45) is 1.27. The molecule has 1 fully saturated rings. The molecule has 7 heteroatoms. The number of nitrogens with one attached hydrogen (secondary N) is 1. The van der Waals surface area contributed by atoms with Gasteiger partial charge in [0.05, 0.1) is 26.4 Å². The number of benzene rings is 1.